The van der Waals surface area contributed by atoms with Crippen molar-refractivity contribution in [1.82, 2.24) is 19.9 Å². The van der Waals surface area contributed by atoms with Gasteiger partial charge in [0, 0.05) is 63.5 Å². The predicted molar refractivity (Wildman–Crippen MR) is 97.4 cm³/mol. The van der Waals surface area contributed by atoms with Crippen molar-refractivity contribution in [3.8, 4) is 0 Å². The molecule has 0 N–H and O–H groups in total. The standard InChI is InChI=1S/C18H22N6O2/c25-17(16-14-15(2-5-19-16)22-10-12-26-13-11-22)23-6-8-24(9-7-23)18-20-3-1-4-21-18/h1-5,14H,6-13H2. The van der Waals surface area contributed by atoms with Crippen LogP contribution in [0, 0.1) is 0 Å². The van der Waals surface area contributed by atoms with E-state index in [-0.39, 0.29) is 5.91 Å². The maximum atomic E-state index is 12.8. The van der Waals surface area contributed by atoms with E-state index in [0.717, 1.165) is 45.1 Å². The van der Waals surface area contributed by atoms with Gasteiger partial charge in [-0.1, -0.05) is 0 Å². The minimum absolute atomic E-state index is 0.0197. The molecular weight excluding hydrogens is 332 g/mol. The summed E-state index contributed by atoms with van der Waals surface area (Å²) in [6.45, 7) is 5.84. The summed E-state index contributed by atoms with van der Waals surface area (Å²) >= 11 is 0. The number of amides is 1. The summed E-state index contributed by atoms with van der Waals surface area (Å²) in [6.07, 6.45) is 5.19. The summed E-state index contributed by atoms with van der Waals surface area (Å²) in [5, 5.41) is 0. The summed E-state index contributed by atoms with van der Waals surface area (Å²) in [5.74, 6) is 0.695. The van der Waals surface area contributed by atoms with Crippen molar-refractivity contribution in [2.24, 2.45) is 0 Å². The normalized spacial score (nSPS) is 18.1. The molecule has 8 nitrogen and oxygen atoms in total. The van der Waals surface area contributed by atoms with Gasteiger partial charge in [0.15, 0.2) is 0 Å². The lowest BCUT2D eigenvalue weighted by atomic mass is 10.2. The van der Waals surface area contributed by atoms with Gasteiger partial charge in [-0.25, -0.2) is 9.97 Å². The molecule has 2 aromatic heterocycles. The Morgan fingerprint density at radius 1 is 0.885 bits per heavy atom. The molecule has 0 spiro atoms. The van der Waals surface area contributed by atoms with E-state index in [1.807, 2.05) is 17.0 Å². The number of carbonyl (C=O) groups is 1. The number of anilines is 2. The van der Waals surface area contributed by atoms with Gasteiger partial charge >= 0.3 is 0 Å². The molecule has 2 fully saturated rings. The van der Waals surface area contributed by atoms with Crippen LogP contribution in [-0.2, 0) is 4.74 Å². The van der Waals surface area contributed by atoms with Crippen molar-refractivity contribution >= 4 is 17.5 Å². The molecule has 0 atom stereocenters. The fourth-order valence-electron chi connectivity index (χ4n) is 3.28. The van der Waals surface area contributed by atoms with E-state index in [1.165, 1.54) is 0 Å². The Balaban J connectivity index is 1.40. The van der Waals surface area contributed by atoms with Crippen LogP contribution in [-0.4, -0.2) is 78.2 Å². The Morgan fingerprint density at radius 3 is 2.35 bits per heavy atom. The first kappa shape index (κ1) is 16.7. The smallest absolute Gasteiger partial charge is 0.272 e. The van der Waals surface area contributed by atoms with Crippen LogP contribution < -0.4 is 9.80 Å². The van der Waals surface area contributed by atoms with Crippen LogP contribution in [0.15, 0.2) is 36.8 Å². The van der Waals surface area contributed by atoms with Crippen molar-refractivity contribution in [3.05, 3.63) is 42.5 Å². The van der Waals surface area contributed by atoms with E-state index < -0.39 is 0 Å². The SMILES string of the molecule is O=C(c1cc(N2CCOCC2)ccn1)N1CCN(c2ncccn2)CC1. The van der Waals surface area contributed by atoms with Crippen LogP contribution in [0.5, 0.6) is 0 Å². The molecule has 4 rings (SSSR count). The molecule has 1 amide bonds. The highest BCUT2D eigenvalue weighted by Crippen LogP contribution is 2.18. The Labute approximate surface area is 152 Å². The quantitative estimate of drug-likeness (QED) is 0.802. The molecule has 2 aliphatic rings. The minimum atomic E-state index is -0.0197. The molecule has 0 aromatic carbocycles. The second-order valence-corrected chi connectivity index (χ2v) is 6.33. The third-order valence-corrected chi connectivity index (χ3v) is 4.74. The molecule has 4 heterocycles. The van der Waals surface area contributed by atoms with Gasteiger partial charge in [-0.15, -0.1) is 0 Å². The van der Waals surface area contributed by atoms with Gasteiger partial charge < -0.3 is 19.4 Å². The maximum absolute atomic E-state index is 12.8. The van der Waals surface area contributed by atoms with Gasteiger partial charge in [0.05, 0.1) is 13.2 Å². The molecule has 2 aliphatic heterocycles. The monoisotopic (exact) mass is 354 g/mol. The second kappa shape index (κ2) is 7.65. The zero-order valence-electron chi connectivity index (χ0n) is 14.6. The second-order valence-electron chi connectivity index (χ2n) is 6.33. The van der Waals surface area contributed by atoms with Crippen molar-refractivity contribution in [2.45, 2.75) is 0 Å². The van der Waals surface area contributed by atoms with Gasteiger partial charge in [0.1, 0.15) is 5.69 Å². The number of hydrogen-bond donors (Lipinski definition) is 0. The van der Waals surface area contributed by atoms with E-state index in [1.54, 1.807) is 24.7 Å². The number of rotatable bonds is 3. The Hall–Kier alpha value is -2.74. The molecule has 0 saturated carbocycles. The molecule has 0 aliphatic carbocycles. The number of morpholine rings is 1. The van der Waals surface area contributed by atoms with Crippen molar-refractivity contribution in [2.75, 3.05) is 62.3 Å². The van der Waals surface area contributed by atoms with Crippen LogP contribution in [0.1, 0.15) is 10.5 Å². The largest absolute Gasteiger partial charge is 0.378 e. The summed E-state index contributed by atoms with van der Waals surface area (Å²) in [5.41, 5.74) is 1.53. The van der Waals surface area contributed by atoms with E-state index in [0.29, 0.717) is 24.7 Å². The average Bonchev–Trinajstić information content (AvgIpc) is 2.75. The van der Waals surface area contributed by atoms with E-state index in [9.17, 15) is 4.79 Å². The van der Waals surface area contributed by atoms with Crippen LogP contribution in [0.25, 0.3) is 0 Å². The van der Waals surface area contributed by atoms with Crippen molar-refractivity contribution < 1.29 is 9.53 Å². The highest BCUT2D eigenvalue weighted by Gasteiger charge is 2.24. The maximum Gasteiger partial charge on any atom is 0.272 e. The summed E-state index contributed by atoms with van der Waals surface area (Å²) in [4.78, 5) is 31.9. The van der Waals surface area contributed by atoms with Gasteiger partial charge in [-0.3, -0.25) is 9.78 Å². The van der Waals surface area contributed by atoms with Crippen molar-refractivity contribution in [3.63, 3.8) is 0 Å². The minimum Gasteiger partial charge on any atom is -0.378 e. The molecule has 2 saturated heterocycles. The predicted octanol–water partition coefficient (Wildman–Crippen LogP) is 0.671. The molecular formula is C18H22N6O2. The Morgan fingerprint density at radius 2 is 1.62 bits per heavy atom. The average molecular weight is 354 g/mol. The van der Waals surface area contributed by atoms with Gasteiger partial charge in [-0.2, -0.15) is 0 Å². The number of pyridine rings is 1. The fourth-order valence-corrected chi connectivity index (χ4v) is 3.28. The molecule has 0 bridgehead atoms. The van der Waals surface area contributed by atoms with Gasteiger partial charge in [0.25, 0.3) is 5.91 Å². The lowest BCUT2D eigenvalue weighted by Crippen LogP contribution is -2.49. The van der Waals surface area contributed by atoms with Crippen LogP contribution in [0.3, 0.4) is 0 Å². The Kier molecular flexibility index (Phi) is 4.92. The molecule has 26 heavy (non-hydrogen) atoms. The van der Waals surface area contributed by atoms with Crippen molar-refractivity contribution in [1.29, 1.82) is 0 Å². The molecule has 8 heteroatoms. The summed E-state index contributed by atoms with van der Waals surface area (Å²) < 4.78 is 5.39. The lowest BCUT2D eigenvalue weighted by molar-refractivity contribution is 0.0740. The fraction of sp³-hybridized carbons (Fsp3) is 0.444. The van der Waals surface area contributed by atoms with E-state index in [4.69, 9.17) is 4.74 Å². The molecule has 0 unspecified atom stereocenters. The molecule has 2 aromatic rings. The zero-order valence-corrected chi connectivity index (χ0v) is 14.6. The van der Waals surface area contributed by atoms with Gasteiger partial charge in [0.2, 0.25) is 5.95 Å². The number of ether oxygens (including phenoxy) is 1. The van der Waals surface area contributed by atoms with Gasteiger partial charge in [-0.05, 0) is 18.2 Å². The topological polar surface area (TPSA) is 74.7 Å². The first-order chi connectivity index (χ1) is 12.8. The van der Waals surface area contributed by atoms with Crippen LogP contribution >= 0.6 is 0 Å². The van der Waals surface area contributed by atoms with E-state index >= 15 is 0 Å². The number of carbonyl (C=O) groups excluding carboxylic acids is 1. The number of nitrogens with zero attached hydrogens (tertiary/aromatic N) is 6. The van der Waals surface area contributed by atoms with Crippen LogP contribution in [0.2, 0.25) is 0 Å². The third kappa shape index (κ3) is 3.60. The Bertz CT molecular complexity index is 742. The molecule has 0 radical (unpaired) electrons. The number of piperazine rings is 1. The first-order valence-corrected chi connectivity index (χ1v) is 8.91. The highest BCUT2D eigenvalue weighted by atomic mass is 16.5. The third-order valence-electron chi connectivity index (χ3n) is 4.74. The van der Waals surface area contributed by atoms with Crippen LogP contribution in [0.4, 0.5) is 11.6 Å². The highest BCUT2D eigenvalue weighted by molar-refractivity contribution is 5.93. The zero-order chi connectivity index (χ0) is 17.8. The number of hydrogen-bond acceptors (Lipinski definition) is 7. The number of aromatic nitrogens is 3. The lowest BCUT2D eigenvalue weighted by Gasteiger charge is -2.34. The summed E-state index contributed by atoms with van der Waals surface area (Å²) in [6, 6.07) is 5.64. The van der Waals surface area contributed by atoms with E-state index in [2.05, 4.69) is 24.8 Å². The first-order valence-electron chi connectivity index (χ1n) is 8.91. The molecule has 136 valence electrons. The summed E-state index contributed by atoms with van der Waals surface area (Å²) in [7, 11) is 0.